The van der Waals surface area contributed by atoms with Gasteiger partial charge in [0, 0.05) is 23.2 Å². The Morgan fingerprint density at radius 1 is 0.667 bits per heavy atom. The molecule has 0 aliphatic heterocycles. The van der Waals surface area contributed by atoms with Gasteiger partial charge < -0.3 is 29.8 Å². The SMILES string of the molecule is O=C([O-])c1nc2ccc3cccnc3c2[nH]1.O=C([O-])c1nc2ccc3cccnc3c2[nH]1.[Cu+2]. The molecule has 11 heteroatoms. The number of H-pyrrole nitrogens is 2. The third-order valence-electron chi connectivity index (χ3n) is 4.84. The summed E-state index contributed by atoms with van der Waals surface area (Å²) in [5, 5.41) is 23.2. The van der Waals surface area contributed by atoms with Crippen LogP contribution >= 0.6 is 0 Å². The molecule has 0 saturated heterocycles. The van der Waals surface area contributed by atoms with E-state index in [0.29, 0.717) is 33.1 Å². The number of imidazole rings is 2. The smallest absolute Gasteiger partial charge is 0.542 e. The molecule has 0 atom stereocenters. The minimum atomic E-state index is -1.32. The molecule has 2 N–H and O–H groups in total. The van der Waals surface area contributed by atoms with Crippen LogP contribution in [0.25, 0.3) is 43.9 Å². The van der Waals surface area contributed by atoms with Crippen LogP contribution < -0.4 is 10.2 Å². The summed E-state index contributed by atoms with van der Waals surface area (Å²) in [5.74, 6) is -2.98. The second kappa shape index (κ2) is 8.65. The van der Waals surface area contributed by atoms with Gasteiger partial charge in [0.25, 0.3) is 0 Å². The fraction of sp³-hybridized carbons (Fsp3) is 0. The fourth-order valence-electron chi connectivity index (χ4n) is 3.43. The second-order valence-corrected chi connectivity index (χ2v) is 6.82. The van der Waals surface area contributed by atoms with Crippen molar-refractivity contribution in [3.05, 3.63) is 72.6 Å². The normalized spacial score (nSPS) is 10.7. The summed E-state index contributed by atoms with van der Waals surface area (Å²) in [6, 6.07) is 14.7. The van der Waals surface area contributed by atoms with Crippen molar-refractivity contribution in [2.24, 2.45) is 0 Å². The third-order valence-corrected chi connectivity index (χ3v) is 4.84. The van der Waals surface area contributed by atoms with E-state index in [2.05, 4.69) is 29.9 Å². The first kappa shape index (κ1) is 21.9. The van der Waals surface area contributed by atoms with E-state index in [1.165, 1.54) is 0 Å². The average Bonchev–Trinajstić information content (AvgIpc) is 3.45. The van der Waals surface area contributed by atoms with Gasteiger partial charge in [0.05, 0.1) is 33.1 Å². The molecule has 0 aliphatic carbocycles. The first-order chi connectivity index (χ1) is 15.5. The largest absolute Gasteiger partial charge is 2.00 e. The molecule has 4 heterocycles. The number of hydrogen-bond donors (Lipinski definition) is 2. The molecule has 33 heavy (non-hydrogen) atoms. The Morgan fingerprint density at radius 3 is 1.48 bits per heavy atom. The molecule has 10 nitrogen and oxygen atoms in total. The van der Waals surface area contributed by atoms with Crippen molar-refractivity contribution in [1.82, 2.24) is 29.9 Å². The van der Waals surface area contributed by atoms with Crippen LogP contribution in [0.5, 0.6) is 0 Å². The number of nitrogens with one attached hydrogen (secondary N) is 2. The molecule has 6 aromatic rings. The Kier molecular flexibility index (Phi) is 5.74. The van der Waals surface area contributed by atoms with E-state index in [1.54, 1.807) is 24.5 Å². The minimum absolute atomic E-state index is 0. The summed E-state index contributed by atoms with van der Waals surface area (Å²) in [7, 11) is 0. The number of carboxylic acids is 2. The van der Waals surface area contributed by atoms with Gasteiger partial charge in [-0.15, -0.1) is 0 Å². The Balaban J connectivity index is 0.000000152. The minimum Gasteiger partial charge on any atom is -0.542 e. The van der Waals surface area contributed by atoms with Crippen LogP contribution in [0.15, 0.2) is 60.9 Å². The van der Waals surface area contributed by atoms with Gasteiger partial charge in [-0.25, -0.2) is 9.97 Å². The summed E-state index contributed by atoms with van der Waals surface area (Å²) in [5.41, 5.74) is 3.81. The second-order valence-electron chi connectivity index (χ2n) is 6.82. The molecular weight excluding hydrogens is 476 g/mol. The quantitative estimate of drug-likeness (QED) is 0.341. The molecule has 0 fully saturated rings. The van der Waals surface area contributed by atoms with Crippen LogP contribution in [0.3, 0.4) is 0 Å². The molecule has 0 unspecified atom stereocenters. The van der Waals surface area contributed by atoms with Crippen LogP contribution in [-0.4, -0.2) is 41.8 Å². The Hall–Kier alpha value is -4.34. The molecule has 1 radical (unpaired) electrons. The zero-order valence-electron chi connectivity index (χ0n) is 16.5. The number of carbonyl (C=O) groups excluding carboxylic acids is 2. The first-order valence-electron chi connectivity index (χ1n) is 9.41. The molecule has 0 aliphatic rings. The number of carbonyl (C=O) groups is 2. The summed E-state index contributed by atoms with van der Waals surface area (Å²) in [4.78, 5) is 43.0. The number of rotatable bonds is 2. The van der Waals surface area contributed by atoms with Crippen LogP contribution in [-0.2, 0) is 17.1 Å². The van der Waals surface area contributed by atoms with Crippen LogP contribution in [0, 0.1) is 0 Å². The summed E-state index contributed by atoms with van der Waals surface area (Å²) in [6.45, 7) is 0. The van der Waals surface area contributed by atoms with Crippen molar-refractivity contribution in [1.29, 1.82) is 0 Å². The Morgan fingerprint density at radius 2 is 1.09 bits per heavy atom. The van der Waals surface area contributed by atoms with Crippen molar-refractivity contribution in [3.8, 4) is 0 Å². The monoisotopic (exact) mass is 487 g/mol. The number of fused-ring (bicyclic) bond motifs is 6. The van der Waals surface area contributed by atoms with E-state index in [0.717, 1.165) is 10.8 Å². The van der Waals surface area contributed by atoms with Gasteiger partial charge in [-0.3, -0.25) is 9.97 Å². The molecular formula is C22H12CuN6O4. The number of hydrogen-bond acceptors (Lipinski definition) is 8. The van der Waals surface area contributed by atoms with Gasteiger partial charge in [-0.05, 0) is 24.3 Å². The van der Waals surface area contributed by atoms with Crippen molar-refractivity contribution in [2.75, 3.05) is 0 Å². The number of carboxylic acid groups (broad SMARTS) is 2. The van der Waals surface area contributed by atoms with Gasteiger partial charge in [0.2, 0.25) is 0 Å². The van der Waals surface area contributed by atoms with E-state index in [4.69, 9.17) is 0 Å². The van der Waals surface area contributed by atoms with E-state index in [9.17, 15) is 19.8 Å². The standard InChI is InChI=1S/2C11H7N3O2.Cu/c2*15-11(16)10-13-7-4-3-6-2-1-5-12-8(6)9(7)14-10;/h2*1-5H,(H,13,14)(H,15,16);/q;;+2/p-2. The van der Waals surface area contributed by atoms with Gasteiger partial charge in [-0.1, -0.05) is 24.3 Å². The third kappa shape index (κ3) is 3.98. The zero-order valence-corrected chi connectivity index (χ0v) is 17.4. The number of aromatic nitrogens is 6. The van der Waals surface area contributed by atoms with Crippen molar-refractivity contribution in [2.45, 2.75) is 0 Å². The maximum absolute atomic E-state index is 10.7. The number of nitrogens with zero attached hydrogens (tertiary/aromatic N) is 4. The topological polar surface area (TPSA) is 163 Å². The number of pyridine rings is 2. The Bertz CT molecular complexity index is 1540. The molecule has 4 aromatic heterocycles. The predicted molar refractivity (Wildman–Crippen MR) is 111 cm³/mol. The molecule has 0 amide bonds. The molecule has 0 bridgehead atoms. The van der Waals surface area contributed by atoms with Crippen LogP contribution in [0.4, 0.5) is 0 Å². The number of benzene rings is 2. The molecule has 0 spiro atoms. The fourth-order valence-corrected chi connectivity index (χ4v) is 3.43. The van der Waals surface area contributed by atoms with Gasteiger partial charge in [0.1, 0.15) is 11.9 Å². The summed E-state index contributed by atoms with van der Waals surface area (Å²) >= 11 is 0. The maximum atomic E-state index is 10.7. The van der Waals surface area contributed by atoms with Crippen LogP contribution in [0.2, 0.25) is 0 Å². The molecule has 6 rings (SSSR count). The van der Waals surface area contributed by atoms with Gasteiger partial charge >= 0.3 is 17.1 Å². The van der Waals surface area contributed by atoms with E-state index in [-0.39, 0.29) is 28.7 Å². The molecule has 0 saturated carbocycles. The molecule has 2 aromatic carbocycles. The van der Waals surface area contributed by atoms with Crippen molar-refractivity contribution < 1.29 is 36.9 Å². The number of aromatic amines is 2. The molecule has 165 valence electrons. The van der Waals surface area contributed by atoms with Crippen molar-refractivity contribution in [3.63, 3.8) is 0 Å². The summed E-state index contributed by atoms with van der Waals surface area (Å²) in [6.07, 6.45) is 3.31. The first-order valence-corrected chi connectivity index (χ1v) is 9.41. The Labute approximate surface area is 195 Å². The van der Waals surface area contributed by atoms with E-state index in [1.807, 2.05) is 36.4 Å². The summed E-state index contributed by atoms with van der Waals surface area (Å²) < 4.78 is 0. The van der Waals surface area contributed by atoms with E-state index < -0.39 is 11.9 Å². The zero-order chi connectivity index (χ0) is 22.2. The number of aromatic carboxylic acids is 2. The predicted octanol–water partition coefficient (Wildman–Crippen LogP) is 0.947. The van der Waals surface area contributed by atoms with Crippen LogP contribution in [0.1, 0.15) is 21.2 Å². The maximum Gasteiger partial charge on any atom is 2.00 e. The average molecular weight is 488 g/mol. The van der Waals surface area contributed by atoms with E-state index >= 15 is 0 Å². The van der Waals surface area contributed by atoms with Gasteiger partial charge in [-0.2, -0.15) is 0 Å². The van der Waals surface area contributed by atoms with Gasteiger partial charge in [0.15, 0.2) is 11.6 Å². The van der Waals surface area contributed by atoms with Crippen molar-refractivity contribution >= 4 is 55.8 Å².